The maximum absolute atomic E-state index is 13.4. The maximum atomic E-state index is 13.4. The molecule has 0 aliphatic carbocycles. The number of hydrogen-bond donors (Lipinski definition) is 0. The predicted octanol–water partition coefficient (Wildman–Crippen LogP) is 4.56. The number of alkyl halides is 1. The summed E-state index contributed by atoms with van der Waals surface area (Å²) in [7, 11) is 1.43. The molecule has 0 saturated heterocycles. The average Bonchev–Trinajstić information content (AvgIpc) is 2.48. The second kappa shape index (κ2) is 6.62. The van der Waals surface area contributed by atoms with E-state index in [2.05, 4.69) is 0 Å². The Morgan fingerprint density at radius 2 is 1.75 bits per heavy atom. The van der Waals surface area contributed by atoms with Gasteiger partial charge >= 0.3 is 0 Å². The van der Waals surface area contributed by atoms with Crippen molar-refractivity contribution in [1.82, 2.24) is 0 Å². The second-order valence-corrected chi connectivity index (χ2v) is 4.70. The van der Waals surface area contributed by atoms with Gasteiger partial charge in [0.2, 0.25) is 0 Å². The molecule has 0 heterocycles. The van der Waals surface area contributed by atoms with Crippen LogP contribution in [-0.2, 0) is 0 Å². The Hall–Kier alpha value is -1.74. The highest BCUT2D eigenvalue weighted by molar-refractivity contribution is 6.22. The third-order valence-electron chi connectivity index (χ3n) is 2.95. The maximum Gasteiger partial charge on any atom is 0.165 e. The van der Waals surface area contributed by atoms with Crippen molar-refractivity contribution >= 4 is 11.6 Å². The quantitative estimate of drug-likeness (QED) is 0.753. The van der Waals surface area contributed by atoms with Crippen LogP contribution in [0.4, 0.5) is 4.39 Å². The van der Waals surface area contributed by atoms with Gasteiger partial charge in [-0.2, -0.15) is 0 Å². The van der Waals surface area contributed by atoms with E-state index in [0.717, 1.165) is 16.9 Å². The zero-order valence-electron chi connectivity index (χ0n) is 11.4. The standard InChI is InChI=1S/C16H16ClFO2/c1-3-20-13-7-4-11(5-8-13)16(17)12-6-9-14(18)15(10-12)19-2/h4-10,16H,3H2,1-2H3. The van der Waals surface area contributed by atoms with Crippen LogP contribution in [0, 0.1) is 5.82 Å². The van der Waals surface area contributed by atoms with E-state index in [1.54, 1.807) is 12.1 Å². The number of hydrogen-bond acceptors (Lipinski definition) is 2. The van der Waals surface area contributed by atoms with E-state index in [0.29, 0.717) is 6.61 Å². The predicted molar refractivity (Wildman–Crippen MR) is 78.3 cm³/mol. The lowest BCUT2D eigenvalue weighted by Gasteiger charge is -2.13. The van der Waals surface area contributed by atoms with Crippen LogP contribution >= 0.6 is 11.6 Å². The molecule has 2 aromatic rings. The Morgan fingerprint density at radius 1 is 1.10 bits per heavy atom. The lowest BCUT2D eigenvalue weighted by atomic mass is 10.0. The van der Waals surface area contributed by atoms with Crippen LogP contribution in [-0.4, -0.2) is 13.7 Å². The van der Waals surface area contributed by atoms with Crippen molar-refractivity contribution in [1.29, 1.82) is 0 Å². The first-order valence-corrected chi connectivity index (χ1v) is 6.79. The number of methoxy groups -OCH3 is 1. The summed E-state index contributed by atoms with van der Waals surface area (Å²) >= 11 is 6.42. The molecule has 0 aliphatic heterocycles. The highest BCUT2D eigenvalue weighted by Crippen LogP contribution is 2.32. The summed E-state index contributed by atoms with van der Waals surface area (Å²) in [4.78, 5) is 0. The number of benzene rings is 2. The molecule has 2 aromatic carbocycles. The minimum Gasteiger partial charge on any atom is -0.494 e. The number of halogens is 2. The van der Waals surface area contributed by atoms with Crippen molar-refractivity contribution in [3.05, 3.63) is 59.4 Å². The van der Waals surface area contributed by atoms with Crippen molar-refractivity contribution in [2.24, 2.45) is 0 Å². The topological polar surface area (TPSA) is 18.5 Å². The molecule has 2 rings (SSSR count). The van der Waals surface area contributed by atoms with E-state index >= 15 is 0 Å². The van der Waals surface area contributed by atoms with E-state index < -0.39 is 5.82 Å². The van der Waals surface area contributed by atoms with Crippen molar-refractivity contribution < 1.29 is 13.9 Å². The molecule has 1 unspecified atom stereocenters. The van der Waals surface area contributed by atoms with E-state index in [4.69, 9.17) is 21.1 Å². The average molecular weight is 295 g/mol. The molecule has 0 N–H and O–H groups in total. The molecule has 20 heavy (non-hydrogen) atoms. The third kappa shape index (κ3) is 3.23. The Kier molecular flexibility index (Phi) is 4.85. The van der Waals surface area contributed by atoms with Crippen molar-refractivity contribution in [3.63, 3.8) is 0 Å². The van der Waals surface area contributed by atoms with Gasteiger partial charge in [-0.25, -0.2) is 4.39 Å². The largest absolute Gasteiger partial charge is 0.494 e. The molecule has 0 bridgehead atoms. The van der Waals surface area contributed by atoms with Crippen molar-refractivity contribution in [2.45, 2.75) is 12.3 Å². The highest BCUT2D eigenvalue weighted by atomic mass is 35.5. The zero-order chi connectivity index (χ0) is 14.5. The zero-order valence-corrected chi connectivity index (χ0v) is 12.2. The fourth-order valence-corrected chi connectivity index (χ4v) is 2.21. The van der Waals surface area contributed by atoms with Crippen LogP contribution in [0.1, 0.15) is 23.4 Å². The monoisotopic (exact) mass is 294 g/mol. The summed E-state index contributed by atoms with van der Waals surface area (Å²) in [5.41, 5.74) is 1.71. The van der Waals surface area contributed by atoms with Crippen LogP contribution in [0.15, 0.2) is 42.5 Å². The summed E-state index contributed by atoms with van der Waals surface area (Å²) in [5.74, 6) is 0.600. The molecule has 0 aliphatic rings. The molecule has 0 fully saturated rings. The lowest BCUT2D eigenvalue weighted by Crippen LogP contribution is -1.97. The molecule has 4 heteroatoms. The van der Waals surface area contributed by atoms with Gasteiger partial charge < -0.3 is 9.47 Å². The summed E-state index contributed by atoms with van der Waals surface area (Å²) in [6, 6.07) is 12.2. The first kappa shape index (κ1) is 14.7. The van der Waals surface area contributed by atoms with Crippen molar-refractivity contribution in [3.8, 4) is 11.5 Å². The van der Waals surface area contributed by atoms with Crippen molar-refractivity contribution in [2.75, 3.05) is 13.7 Å². The van der Waals surface area contributed by atoms with Crippen LogP contribution in [0.25, 0.3) is 0 Å². The summed E-state index contributed by atoms with van der Waals surface area (Å²) in [5, 5.41) is -0.361. The van der Waals surface area contributed by atoms with E-state index in [-0.39, 0.29) is 11.1 Å². The minimum absolute atomic E-state index is 0.194. The van der Waals surface area contributed by atoms with E-state index in [9.17, 15) is 4.39 Å². The van der Waals surface area contributed by atoms with Gasteiger partial charge in [-0.05, 0) is 42.3 Å². The minimum atomic E-state index is -0.396. The van der Waals surface area contributed by atoms with Gasteiger partial charge in [-0.15, -0.1) is 11.6 Å². The molecular weight excluding hydrogens is 279 g/mol. The second-order valence-electron chi connectivity index (χ2n) is 4.26. The normalized spacial score (nSPS) is 12.0. The smallest absolute Gasteiger partial charge is 0.165 e. The van der Waals surface area contributed by atoms with Gasteiger partial charge in [0.25, 0.3) is 0 Å². The van der Waals surface area contributed by atoms with Crippen LogP contribution in [0.2, 0.25) is 0 Å². The third-order valence-corrected chi connectivity index (χ3v) is 3.46. The van der Waals surface area contributed by atoms with E-state index in [1.807, 2.05) is 31.2 Å². The Bertz CT molecular complexity index is 569. The van der Waals surface area contributed by atoms with Gasteiger partial charge in [-0.3, -0.25) is 0 Å². The molecule has 0 aromatic heterocycles. The summed E-state index contributed by atoms with van der Waals surface area (Å²) in [6.45, 7) is 2.56. The first-order chi connectivity index (χ1) is 9.65. The Morgan fingerprint density at radius 3 is 2.35 bits per heavy atom. The first-order valence-electron chi connectivity index (χ1n) is 6.36. The number of rotatable bonds is 5. The molecule has 0 radical (unpaired) electrons. The molecule has 0 saturated carbocycles. The van der Waals surface area contributed by atoms with Gasteiger partial charge in [-0.1, -0.05) is 18.2 Å². The molecule has 2 nitrogen and oxygen atoms in total. The molecule has 0 spiro atoms. The van der Waals surface area contributed by atoms with Gasteiger partial charge in [0, 0.05) is 0 Å². The highest BCUT2D eigenvalue weighted by Gasteiger charge is 2.13. The summed E-state index contributed by atoms with van der Waals surface area (Å²) < 4.78 is 23.7. The lowest BCUT2D eigenvalue weighted by molar-refractivity contribution is 0.340. The molecule has 1 atom stereocenters. The van der Waals surface area contributed by atoms with Gasteiger partial charge in [0.15, 0.2) is 11.6 Å². The van der Waals surface area contributed by atoms with Gasteiger partial charge in [0.1, 0.15) is 5.75 Å². The summed E-state index contributed by atoms with van der Waals surface area (Å²) in [6.07, 6.45) is 0. The fourth-order valence-electron chi connectivity index (χ4n) is 1.93. The fraction of sp³-hybridized carbons (Fsp3) is 0.250. The molecular formula is C16H16ClFO2. The SMILES string of the molecule is CCOc1ccc(C(Cl)c2ccc(F)c(OC)c2)cc1. The van der Waals surface area contributed by atoms with Crippen LogP contribution in [0.5, 0.6) is 11.5 Å². The van der Waals surface area contributed by atoms with E-state index in [1.165, 1.54) is 13.2 Å². The molecule has 106 valence electrons. The van der Waals surface area contributed by atoms with Gasteiger partial charge in [0.05, 0.1) is 19.1 Å². The Labute approximate surface area is 123 Å². The van der Waals surface area contributed by atoms with Crippen LogP contribution < -0.4 is 9.47 Å². The molecule has 0 amide bonds. The Balaban J connectivity index is 2.24. The van der Waals surface area contributed by atoms with Crippen LogP contribution in [0.3, 0.4) is 0 Å². The number of ether oxygens (including phenoxy) is 2.